The van der Waals surface area contributed by atoms with E-state index in [0.717, 1.165) is 0 Å². The number of halogens is 1. The minimum atomic E-state index is -0.578. The standard InChI is InChI=1S/C15H10FNO2/c16-13-7-5-12(6-8-13)15(18)19-14-4-2-1-3-11(14)9-10-17/h1-8H,9H2. The first-order chi connectivity index (χ1) is 9.20. The topological polar surface area (TPSA) is 50.1 Å². The SMILES string of the molecule is N#CCc1ccccc1OC(=O)c1ccc(F)cc1. The van der Waals surface area contributed by atoms with E-state index in [1.54, 1.807) is 24.3 Å². The Balaban J connectivity index is 2.19. The number of para-hydroxylation sites is 1. The lowest BCUT2D eigenvalue weighted by molar-refractivity contribution is 0.0733. The zero-order chi connectivity index (χ0) is 13.7. The second-order valence-corrected chi connectivity index (χ2v) is 3.84. The molecule has 0 aromatic heterocycles. The Morgan fingerprint density at radius 3 is 2.53 bits per heavy atom. The number of hydrogen-bond donors (Lipinski definition) is 0. The second-order valence-electron chi connectivity index (χ2n) is 3.84. The molecule has 2 rings (SSSR count). The second kappa shape index (κ2) is 5.78. The molecule has 0 saturated heterocycles. The lowest BCUT2D eigenvalue weighted by atomic mass is 10.1. The summed E-state index contributed by atoms with van der Waals surface area (Å²) in [6.07, 6.45) is 0.160. The number of esters is 1. The molecule has 0 amide bonds. The molecule has 19 heavy (non-hydrogen) atoms. The molecule has 0 N–H and O–H groups in total. The van der Waals surface area contributed by atoms with E-state index in [-0.39, 0.29) is 12.0 Å². The van der Waals surface area contributed by atoms with Gasteiger partial charge in [0.25, 0.3) is 0 Å². The molecule has 0 bridgehead atoms. The predicted octanol–water partition coefficient (Wildman–Crippen LogP) is 3.11. The summed E-state index contributed by atoms with van der Waals surface area (Å²) in [5, 5.41) is 8.69. The molecule has 3 nitrogen and oxygen atoms in total. The highest BCUT2D eigenvalue weighted by molar-refractivity contribution is 5.91. The van der Waals surface area contributed by atoms with Gasteiger partial charge in [-0.15, -0.1) is 0 Å². The van der Waals surface area contributed by atoms with E-state index in [1.165, 1.54) is 24.3 Å². The van der Waals surface area contributed by atoms with Crippen molar-refractivity contribution in [2.75, 3.05) is 0 Å². The molecule has 0 radical (unpaired) electrons. The Bertz CT molecular complexity index is 629. The molecule has 0 aliphatic carbocycles. The summed E-state index contributed by atoms with van der Waals surface area (Å²) in [7, 11) is 0. The molecule has 0 fully saturated rings. The highest BCUT2D eigenvalue weighted by Gasteiger charge is 2.11. The van der Waals surface area contributed by atoms with Crippen molar-refractivity contribution in [2.45, 2.75) is 6.42 Å². The average molecular weight is 255 g/mol. The lowest BCUT2D eigenvalue weighted by Gasteiger charge is -2.07. The molecular formula is C15H10FNO2. The van der Waals surface area contributed by atoms with E-state index >= 15 is 0 Å². The maximum absolute atomic E-state index is 12.8. The van der Waals surface area contributed by atoms with Crippen LogP contribution < -0.4 is 4.74 Å². The number of benzene rings is 2. The molecule has 4 heteroatoms. The van der Waals surface area contributed by atoms with Crippen molar-refractivity contribution in [3.8, 4) is 11.8 Å². The van der Waals surface area contributed by atoms with Gasteiger partial charge >= 0.3 is 5.97 Å². The Morgan fingerprint density at radius 1 is 1.16 bits per heavy atom. The number of carbonyl (C=O) groups is 1. The summed E-state index contributed by atoms with van der Waals surface area (Å²) in [6.45, 7) is 0. The Morgan fingerprint density at radius 2 is 1.84 bits per heavy atom. The van der Waals surface area contributed by atoms with Crippen LogP contribution in [0.3, 0.4) is 0 Å². The molecule has 0 atom stereocenters. The molecule has 0 saturated carbocycles. The fourth-order valence-corrected chi connectivity index (χ4v) is 1.58. The molecule has 0 aliphatic heterocycles. The zero-order valence-corrected chi connectivity index (χ0v) is 9.97. The first-order valence-electron chi connectivity index (χ1n) is 5.63. The minimum Gasteiger partial charge on any atom is -0.423 e. The average Bonchev–Trinajstić information content (AvgIpc) is 2.42. The van der Waals surface area contributed by atoms with Crippen LogP contribution in [0.4, 0.5) is 4.39 Å². The summed E-state index contributed by atoms with van der Waals surface area (Å²) < 4.78 is 18.0. The van der Waals surface area contributed by atoms with Crippen LogP contribution in [0.5, 0.6) is 5.75 Å². The summed E-state index contributed by atoms with van der Waals surface area (Å²) in [6, 6.07) is 13.9. The van der Waals surface area contributed by atoms with Crippen molar-refractivity contribution < 1.29 is 13.9 Å². The van der Waals surface area contributed by atoms with Crippen molar-refractivity contribution in [3.05, 3.63) is 65.5 Å². The molecule has 0 spiro atoms. The molecular weight excluding hydrogens is 245 g/mol. The van der Waals surface area contributed by atoms with Gasteiger partial charge in [-0.05, 0) is 30.3 Å². The van der Waals surface area contributed by atoms with E-state index in [0.29, 0.717) is 11.3 Å². The molecule has 0 unspecified atom stereocenters. The van der Waals surface area contributed by atoms with Gasteiger partial charge in [0.2, 0.25) is 0 Å². The third-order valence-electron chi connectivity index (χ3n) is 2.52. The van der Waals surface area contributed by atoms with Gasteiger partial charge < -0.3 is 4.74 Å². The highest BCUT2D eigenvalue weighted by atomic mass is 19.1. The maximum Gasteiger partial charge on any atom is 0.343 e. The third-order valence-corrected chi connectivity index (χ3v) is 2.52. The predicted molar refractivity (Wildman–Crippen MR) is 67.1 cm³/mol. The number of nitriles is 1. The van der Waals surface area contributed by atoms with Gasteiger partial charge in [-0.25, -0.2) is 9.18 Å². The number of nitrogens with zero attached hydrogens (tertiary/aromatic N) is 1. The van der Waals surface area contributed by atoms with Crippen LogP contribution in [-0.2, 0) is 6.42 Å². The highest BCUT2D eigenvalue weighted by Crippen LogP contribution is 2.19. The lowest BCUT2D eigenvalue weighted by Crippen LogP contribution is -2.09. The van der Waals surface area contributed by atoms with Crippen LogP contribution >= 0.6 is 0 Å². The fraction of sp³-hybridized carbons (Fsp3) is 0.0667. The van der Waals surface area contributed by atoms with Gasteiger partial charge in [-0.3, -0.25) is 0 Å². The van der Waals surface area contributed by atoms with E-state index in [4.69, 9.17) is 10.00 Å². The molecule has 2 aromatic rings. The number of carbonyl (C=O) groups excluding carboxylic acids is 1. The van der Waals surface area contributed by atoms with Crippen LogP contribution in [0, 0.1) is 17.1 Å². The van der Waals surface area contributed by atoms with Crippen LogP contribution in [0.1, 0.15) is 15.9 Å². The monoisotopic (exact) mass is 255 g/mol. The Hall–Kier alpha value is -2.67. The van der Waals surface area contributed by atoms with Crippen molar-refractivity contribution in [3.63, 3.8) is 0 Å². The number of rotatable bonds is 3. The summed E-state index contributed by atoms with van der Waals surface area (Å²) in [5.74, 6) is -0.648. The summed E-state index contributed by atoms with van der Waals surface area (Å²) in [5.41, 5.74) is 0.897. The van der Waals surface area contributed by atoms with Crippen LogP contribution in [-0.4, -0.2) is 5.97 Å². The largest absolute Gasteiger partial charge is 0.423 e. The summed E-state index contributed by atoms with van der Waals surface area (Å²) in [4.78, 5) is 11.9. The maximum atomic E-state index is 12.8. The van der Waals surface area contributed by atoms with Gasteiger partial charge in [0.05, 0.1) is 18.1 Å². The Labute approximate surface area is 109 Å². The van der Waals surface area contributed by atoms with Crippen LogP contribution in [0.15, 0.2) is 48.5 Å². The first kappa shape index (κ1) is 12.8. The van der Waals surface area contributed by atoms with Gasteiger partial charge in [0.1, 0.15) is 11.6 Å². The fourth-order valence-electron chi connectivity index (χ4n) is 1.58. The van der Waals surface area contributed by atoms with Crippen LogP contribution in [0.25, 0.3) is 0 Å². The quantitative estimate of drug-likeness (QED) is 0.625. The van der Waals surface area contributed by atoms with Crippen molar-refractivity contribution in [1.29, 1.82) is 5.26 Å². The smallest absolute Gasteiger partial charge is 0.343 e. The molecule has 2 aromatic carbocycles. The van der Waals surface area contributed by atoms with Gasteiger partial charge in [0, 0.05) is 5.56 Å². The van der Waals surface area contributed by atoms with Crippen molar-refractivity contribution in [1.82, 2.24) is 0 Å². The third kappa shape index (κ3) is 3.17. The van der Waals surface area contributed by atoms with E-state index in [2.05, 4.69) is 0 Å². The van der Waals surface area contributed by atoms with Gasteiger partial charge in [0.15, 0.2) is 0 Å². The van der Waals surface area contributed by atoms with E-state index < -0.39 is 11.8 Å². The number of hydrogen-bond acceptors (Lipinski definition) is 3. The molecule has 0 aliphatic rings. The minimum absolute atomic E-state index is 0.160. The van der Waals surface area contributed by atoms with Crippen molar-refractivity contribution in [2.24, 2.45) is 0 Å². The summed E-state index contributed by atoms with van der Waals surface area (Å²) >= 11 is 0. The van der Waals surface area contributed by atoms with Gasteiger partial charge in [-0.2, -0.15) is 5.26 Å². The Kier molecular flexibility index (Phi) is 3.89. The van der Waals surface area contributed by atoms with E-state index in [9.17, 15) is 9.18 Å². The molecule has 94 valence electrons. The first-order valence-corrected chi connectivity index (χ1v) is 5.63. The number of ether oxygens (including phenoxy) is 1. The normalized spacial score (nSPS) is 9.68. The van der Waals surface area contributed by atoms with E-state index in [1.807, 2.05) is 6.07 Å². The van der Waals surface area contributed by atoms with Crippen molar-refractivity contribution >= 4 is 5.97 Å². The van der Waals surface area contributed by atoms with Crippen LogP contribution in [0.2, 0.25) is 0 Å². The van der Waals surface area contributed by atoms with Gasteiger partial charge in [-0.1, -0.05) is 18.2 Å². The zero-order valence-electron chi connectivity index (χ0n) is 9.97. The molecule has 0 heterocycles.